The van der Waals surface area contributed by atoms with E-state index in [-0.39, 0.29) is 11.0 Å². The van der Waals surface area contributed by atoms with Gasteiger partial charge in [0.15, 0.2) is 0 Å². The Bertz CT molecular complexity index is 392. The largest absolute Gasteiger partial charge is 0.376 e. The van der Waals surface area contributed by atoms with Gasteiger partial charge in [-0.1, -0.05) is 0 Å². The molecule has 0 aliphatic carbocycles. The van der Waals surface area contributed by atoms with Crippen molar-refractivity contribution in [2.75, 3.05) is 5.32 Å². The fraction of sp³-hybridized carbons (Fsp3) is 0.375. The van der Waals surface area contributed by atoms with Gasteiger partial charge in [-0.2, -0.15) is 5.26 Å². The minimum Gasteiger partial charge on any atom is -0.376 e. The SMILES string of the molecule is CC(C)Nc1cc(C#N)sc1[N+](=O)[O-]. The average Bonchev–Trinajstić information content (AvgIpc) is 2.46. The van der Waals surface area contributed by atoms with Crippen molar-refractivity contribution in [1.82, 2.24) is 0 Å². The molecule has 1 aromatic heterocycles. The first-order chi connectivity index (χ1) is 6.54. The summed E-state index contributed by atoms with van der Waals surface area (Å²) in [4.78, 5) is 10.5. The Labute approximate surface area is 85.1 Å². The Morgan fingerprint density at radius 3 is 2.79 bits per heavy atom. The molecular formula is C8H9N3O2S. The summed E-state index contributed by atoms with van der Waals surface area (Å²) in [5, 5.41) is 22.1. The van der Waals surface area contributed by atoms with E-state index in [2.05, 4.69) is 5.32 Å². The number of nitriles is 1. The van der Waals surface area contributed by atoms with Crippen molar-refractivity contribution in [2.45, 2.75) is 19.9 Å². The molecule has 1 heterocycles. The highest BCUT2D eigenvalue weighted by Crippen LogP contribution is 2.34. The van der Waals surface area contributed by atoms with Crippen LogP contribution in [0.5, 0.6) is 0 Å². The molecule has 0 saturated heterocycles. The molecule has 0 aliphatic heterocycles. The highest BCUT2D eigenvalue weighted by Gasteiger charge is 2.19. The van der Waals surface area contributed by atoms with E-state index in [0.717, 1.165) is 11.3 Å². The summed E-state index contributed by atoms with van der Waals surface area (Å²) in [5.41, 5.74) is 0.423. The monoisotopic (exact) mass is 211 g/mol. The molecule has 0 bridgehead atoms. The molecular weight excluding hydrogens is 202 g/mol. The molecule has 0 aliphatic rings. The van der Waals surface area contributed by atoms with Gasteiger partial charge in [-0.05, 0) is 31.3 Å². The van der Waals surface area contributed by atoms with Gasteiger partial charge >= 0.3 is 5.00 Å². The topological polar surface area (TPSA) is 79.0 Å². The first-order valence-corrected chi connectivity index (χ1v) is 4.81. The van der Waals surface area contributed by atoms with E-state index in [4.69, 9.17) is 5.26 Å². The van der Waals surface area contributed by atoms with E-state index in [1.54, 1.807) is 0 Å². The smallest absolute Gasteiger partial charge is 0.348 e. The zero-order valence-electron chi connectivity index (χ0n) is 7.77. The summed E-state index contributed by atoms with van der Waals surface area (Å²) in [7, 11) is 0. The lowest BCUT2D eigenvalue weighted by Gasteiger charge is -2.05. The van der Waals surface area contributed by atoms with Crippen molar-refractivity contribution in [3.63, 3.8) is 0 Å². The zero-order valence-corrected chi connectivity index (χ0v) is 8.59. The highest BCUT2D eigenvalue weighted by molar-refractivity contribution is 7.16. The quantitative estimate of drug-likeness (QED) is 0.614. The van der Waals surface area contributed by atoms with Crippen LogP contribution in [-0.4, -0.2) is 11.0 Å². The number of thiophene rings is 1. The summed E-state index contributed by atoms with van der Waals surface area (Å²) < 4.78 is 0. The third kappa shape index (κ3) is 2.20. The van der Waals surface area contributed by atoms with Crippen molar-refractivity contribution < 1.29 is 4.92 Å². The number of anilines is 1. The number of hydrogen-bond donors (Lipinski definition) is 1. The Hall–Kier alpha value is -1.61. The van der Waals surface area contributed by atoms with E-state index in [0.29, 0.717) is 10.6 Å². The van der Waals surface area contributed by atoms with Crippen LogP contribution in [0.3, 0.4) is 0 Å². The lowest BCUT2D eigenvalue weighted by atomic mass is 10.3. The fourth-order valence-electron chi connectivity index (χ4n) is 0.987. The van der Waals surface area contributed by atoms with Crippen molar-refractivity contribution in [3.8, 4) is 6.07 Å². The number of rotatable bonds is 3. The van der Waals surface area contributed by atoms with Crippen LogP contribution in [-0.2, 0) is 0 Å². The average molecular weight is 211 g/mol. The van der Waals surface area contributed by atoms with Gasteiger partial charge in [0.1, 0.15) is 16.6 Å². The molecule has 0 aromatic carbocycles. The van der Waals surface area contributed by atoms with E-state index >= 15 is 0 Å². The number of nitrogens with zero attached hydrogens (tertiary/aromatic N) is 2. The molecule has 74 valence electrons. The minimum atomic E-state index is -0.476. The second-order valence-electron chi connectivity index (χ2n) is 3.00. The normalized spacial score (nSPS) is 9.86. The summed E-state index contributed by atoms with van der Waals surface area (Å²) in [6, 6.07) is 3.50. The van der Waals surface area contributed by atoms with E-state index in [9.17, 15) is 10.1 Å². The minimum absolute atomic E-state index is 0.00440. The number of hydrogen-bond acceptors (Lipinski definition) is 5. The summed E-state index contributed by atoms with van der Waals surface area (Å²) in [6.07, 6.45) is 0. The van der Waals surface area contributed by atoms with E-state index in [1.807, 2.05) is 19.9 Å². The number of nitrogens with one attached hydrogen (secondary N) is 1. The lowest BCUT2D eigenvalue weighted by molar-refractivity contribution is -0.379. The zero-order chi connectivity index (χ0) is 10.7. The van der Waals surface area contributed by atoms with Crippen molar-refractivity contribution in [1.29, 1.82) is 5.26 Å². The second kappa shape index (κ2) is 4.07. The maximum absolute atomic E-state index is 10.6. The first kappa shape index (κ1) is 10.5. The van der Waals surface area contributed by atoms with Crippen LogP contribution < -0.4 is 5.32 Å². The van der Waals surface area contributed by atoms with E-state index in [1.165, 1.54) is 6.07 Å². The third-order valence-electron chi connectivity index (χ3n) is 1.43. The second-order valence-corrected chi connectivity index (χ2v) is 4.03. The van der Waals surface area contributed by atoms with Gasteiger partial charge in [-0.15, -0.1) is 0 Å². The summed E-state index contributed by atoms with van der Waals surface area (Å²) >= 11 is 0.887. The molecule has 0 saturated carbocycles. The van der Waals surface area contributed by atoms with Gasteiger partial charge in [0.2, 0.25) is 0 Å². The van der Waals surface area contributed by atoms with Gasteiger partial charge in [-0.25, -0.2) is 0 Å². The molecule has 0 atom stereocenters. The molecule has 0 spiro atoms. The molecule has 0 fully saturated rings. The summed E-state index contributed by atoms with van der Waals surface area (Å²) in [5.74, 6) is 0. The van der Waals surface area contributed by atoms with Crippen LogP contribution in [0, 0.1) is 21.4 Å². The molecule has 1 rings (SSSR count). The van der Waals surface area contributed by atoms with Crippen LogP contribution in [0.4, 0.5) is 10.7 Å². The Kier molecular flexibility index (Phi) is 3.04. The predicted octanol–water partition coefficient (Wildman–Crippen LogP) is 2.35. The summed E-state index contributed by atoms with van der Waals surface area (Å²) in [6.45, 7) is 3.76. The molecule has 0 radical (unpaired) electrons. The van der Waals surface area contributed by atoms with Gasteiger partial charge in [0.05, 0.1) is 4.92 Å². The molecule has 0 amide bonds. The molecule has 14 heavy (non-hydrogen) atoms. The third-order valence-corrected chi connectivity index (χ3v) is 2.42. The van der Waals surface area contributed by atoms with Crippen molar-refractivity contribution >= 4 is 22.0 Å². The molecule has 5 nitrogen and oxygen atoms in total. The molecule has 6 heteroatoms. The van der Waals surface area contributed by atoms with Gasteiger partial charge < -0.3 is 5.32 Å². The van der Waals surface area contributed by atoms with Crippen LogP contribution >= 0.6 is 11.3 Å². The fourth-order valence-corrected chi connectivity index (χ4v) is 1.72. The van der Waals surface area contributed by atoms with Gasteiger partial charge in [-0.3, -0.25) is 10.1 Å². The Morgan fingerprint density at radius 1 is 1.71 bits per heavy atom. The predicted molar refractivity (Wildman–Crippen MR) is 54.4 cm³/mol. The van der Waals surface area contributed by atoms with Crippen molar-refractivity contribution in [3.05, 3.63) is 21.1 Å². The van der Waals surface area contributed by atoms with E-state index < -0.39 is 4.92 Å². The van der Waals surface area contributed by atoms with Gasteiger partial charge in [0, 0.05) is 6.04 Å². The van der Waals surface area contributed by atoms with Crippen LogP contribution in [0.1, 0.15) is 18.7 Å². The highest BCUT2D eigenvalue weighted by atomic mass is 32.1. The molecule has 0 unspecified atom stereocenters. The Balaban J connectivity index is 3.07. The standard InChI is InChI=1S/C8H9N3O2S/c1-5(2)10-7-3-6(4-9)14-8(7)11(12)13/h3,5,10H,1-2H3. The Morgan fingerprint density at radius 2 is 2.36 bits per heavy atom. The maximum atomic E-state index is 10.6. The van der Waals surface area contributed by atoms with Crippen LogP contribution in [0.15, 0.2) is 6.07 Å². The van der Waals surface area contributed by atoms with Gasteiger partial charge in [0.25, 0.3) is 0 Å². The molecule has 1 aromatic rings. The first-order valence-electron chi connectivity index (χ1n) is 3.99. The maximum Gasteiger partial charge on any atom is 0.348 e. The van der Waals surface area contributed by atoms with Crippen LogP contribution in [0.2, 0.25) is 0 Å². The number of nitro groups is 1. The van der Waals surface area contributed by atoms with Crippen LogP contribution in [0.25, 0.3) is 0 Å². The van der Waals surface area contributed by atoms with Crippen molar-refractivity contribution in [2.24, 2.45) is 0 Å². The lowest BCUT2D eigenvalue weighted by Crippen LogP contribution is -2.09. The molecule has 1 N–H and O–H groups in total.